The molecule has 0 saturated heterocycles. The first kappa shape index (κ1) is 18.9. The van der Waals surface area contributed by atoms with Crippen molar-refractivity contribution in [1.82, 2.24) is 4.90 Å². The van der Waals surface area contributed by atoms with Crippen molar-refractivity contribution in [3.63, 3.8) is 0 Å². The Morgan fingerprint density at radius 1 is 0.950 bits per heavy atom. The van der Waals surface area contributed by atoms with Crippen molar-refractivity contribution in [3.05, 3.63) is 0 Å². The van der Waals surface area contributed by atoms with E-state index in [2.05, 4.69) is 13.8 Å². The fourth-order valence-corrected chi connectivity index (χ4v) is 2.28. The number of carbonyl (C=O) groups is 2. The molecule has 0 radical (unpaired) electrons. The quantitative estimate of drug-likeness (QED) is 0.509. The van der Waals surface area contributed by atoms with Gasteiger partial charge in [0.05, 0.1) is 0 Å². The third kappa shape index (κ3) is 8.91. The summed E-state index contributed by atoms with van der Waals surface area (Å²) in [6.45, 7) is 5.71. The van der Waals surface area contributed by atoms with Crippen molar-refractivity contribution >= 4 is 11.9 Å². The molecule has 5 nitrogen and oxygen atoms in total. The Hall–Kier alpha value is -1.10. The summed E-state index contributed by atoms with van der Waals surface area (Å²) < 4.78 is 0. The van der Waals surface area contributed by atoms with Gasteiger partial charge in [-0.05, 0) is 32.4 Å². The van der Waals surface area contributed by atoms with Crippen molar-refractivity contribution in [2.45, 2.75) is 71.3 Å². The second kappa shape index (κ2) is 11.7. The Balaban J connectivity index is 4.52. The van der Waals surface area contributed by atoms with Gasteiger partial charge < -0.3 is 10.2 Å². The molecule has 1 unspecified atom stereocenters. The van der Waals surface area contributed by atoms with Gasteiger partial charge in [0.1, 0.15) is 6.04 Å². The summed E-state index contributed by atoms with van der Waals surface area (Å²) in [6, 6.07) is -0.667. The Morgan fingerprint density at radius 2 is 1.45 bits per heavy atom. The van der Waals surface area contributed by atoms with Crippen LogP contribution in [0.3, 0.4) is 0 Å². The normalized spacial score (nSPS) is 12.6. The zero-order valence-corrected chi connectivity index (χ0v) is 12.8. The smallest absolute Gasteiger partial charge is 0.320 e. The maximum Gasteiger partial charge on any atom is 0.320 e. The first-order valence-electron chi connectivity index (χ1n) is 7.71. The molecule has 0 fully saturated rings. The minimum atomic E-state index is -0.932. The van der Waals surface area contributed by atoms with Crippen molar-refractivity contribution in [2.24, 2.45) is 0 Å². The van der Waals surface area contributed by atoms with E-state index in [4.69, 9.17) is 5.11 Å². The number of rotatable bonds is 13. The van der Waals surface area contributed by atoms with Gasteiger partial charge in [-0.2, -0.15) is 0 Å². The summed E-state index contributed by atoms with van der Waals surface area (Å²) in [6.07, 6.45) is 6.38. The van der Waals surface area contributed by atoms with Crippen LogP contribution in [-0.4, -0.2) is 46.2 Å². The standard InChI is InChI=1S/C15H29NO4/c1-3-5-7-11-16(12-8-6-4-2)13(15(19)20)9-10-14(17)18/h13H,3-12H2,1-2H3,(H,17,18)(H,19,20). The van der Waals surface area contributed by atoms with E-state index in [1.54, 1.807) is 0 Å². The van der Waals surface area contributed by atoms with E-state index in [9.17, 15) is 14.7 Å². The highest BCUT2D eigenvalue weighted by molar-refractivity contribution is 5.75. The monoisotopic (exact) mass is 287 g/mol. The molecule has 0 aromatic heterocycles. The predicted octanol–water partition coefficient (Wildman–Crippen LogP) is 2.99. The van der Waals surface area contributed by atoms with Crippen LogP contribution < -0.4 is 0 Å². The van der Waals surface area contributed by atoms with Gasteiger partial charge in [-0.3, -0.25) is 14.5 Å². The number of carboxylic acid groups (broad SMARTS) is 2. The lowest BCUT2D eigenvalue weighted by atomic mass is 10.1. The lowest BCUT2D eigenvalue weighted by molar-refractivity contribution is -0.144. The molecule has 5 heteroatoms. The maximum absolute atomic E-state index is 11.4. The minimum Gasteiger partial charge on any atom is -0.481 e. The highest BCUT2D eigenvalue weighted by Crippen LogP contribution is 2.12. The van der Waals surface area contributed by atoms with Gasteiger partial charge in [0.25, 0.3) is 0 Å². The second-order valence-electron chi connectivity index (χ2n) is 5.24. The molecule has 0 saturated carbocycles. The molecule has 0 aliphatic heterocycles. The van der Waals surface area contributed by atoms with Crippen LogP contribution in [0.5, 0.6) is 0 Å². The highest BCUT2D eigenvalue weighted by atomic mass is 16.4. The molecule has 0 spiro atoms. The number of hydrogen-bond acceptors (Lipinski definition) is 3. The molecule has 0 aliphatic carbocycles. The van der Waals surface area contributed by atoms with Crippen LogP contribution in [0.1, 0.15) is 65.2 Å². The molecule has 0 heterocycles. The third-order valence-corrected chi connectivity index (χ3v) is 3.46. The summed E-state index contributed by atoms with van der Waals surface area (Å²) in [7, 11) is 0. The molecular weight excluding hydrogens is 258 g/mol. The molecule has 1 atom stereocenters. The summed E-state index contributed by atoms with van der Waals surface area (Å²) in [5.74, 6) is -1.84. The fourth-order valence-electron chi connectivity index (χ4n) is 2.28. The first-order valence-corrected chi connectivity index (χ1v) is 7.71. The molecule has 0 aromatic carbocycles. The Kier molecular flexibility index (Phi) is 11.1. The largest absolute Gasteiger partial charge is 0.481 e. The summed E-state index contributed by atoms with van der Waals surface area (Å²) in [5.41, 5.74) is 0. The Bertz CT molecular complexity index is 271. The van der Waals surface area contributed by atoms with Crippen LogP contribution in [0.25, 0.3) is 0 Å². The average Bonchev–Trinajstić information content (AvgIpc) is 2.38. The van der Waals surface area contributed by atoms with Crippen LogP contribution in [0.4, 0.5) is 0 Å². The van der Waals surface area contributed by atoms with E-state index in [0.717, 1.165) is 51.6 Å². The van der Waals surface area contributed by atoms with Crippen LogP contribution in [0, 0.1) is 0 Å². The number of hydrogen-bond donors (Lipinski definition) is 2. The van der Waals surface area contributed by atoms with Crippen molar-refractivity contribution in [1.29, 1.82) is 0 Å². The van der Waals surface area contributed by atoms with E-state index < -0.39 is 18.0 Å². The minimum absolute atomic E-state index is 0.0883. The molecule has 118 valence electrons. The maximum atomic E-state index is 11.4. The lowest BCUT2D eigenvalue weighted by Crippen LogP contribution is -2.42. The molecule has 2 N–H and O–H groups in total. The number of carboxylic acids is 2. The Labute approximate surface area is 122 Å². The van der Waals surface area contributed by atoms with Crippen molar-refractivity contribution in [2.75, 3.05) is 13.1 Å². The average molecular weight is 287 g/mol. The number of nitrogens with zero attached hydrogens (tertiary/aromatic N) is 1. The molecular formula is C15H29NO4. The molecule has 0 aromatic rings. The molecule has 0 amide bonds. The third-order valence-electron chi connectivity index (χ3n) is 3.46. The van der Waals surface area contributed by atoms with Crippen LogP contribution in [0.15, 0.2) is 0 Å². The van der Waals surface area contributed by atoms with E-state index in [-0.39, 0.29) is 12.8 Å². The summed E-state index contributed by atoms with van der Waals surface area (Å²) in [5, 5.41) is 18.1. The molecule has 0 bridgehead atoms. The lowest BCUT2D eigenvalue weighted by Gasteiger charge is -2.28. The van der Waals surface area contributed by atoms with Crippen molar-refractivity contribution in [3.8, 4) is 0 Å². The van der Waals surface area contributed by atoms with Gasteiger partial charge in [0.15, 0.2) is 0 Å². The van der Waals surface area contributed by atoms with E-state index in [0.29, 0.717) is 0 Å². The van der Waals surface area contributed by atoms with Crippen LogP contribution in [0.2, 0.25) is 0 Å². The summed E-state index contributed by atoms with van der Waals surface area (Å²) in [4.78, 5) is 24.0. The topological polar surface area (TPSA) is 77.8 Å². The van der Waals surface area contributed by atoms with Crippen molar-refractivity contribution < 1.29 is 19.8 Å². The Morgan fingerprint density at radius 3 is 1.80 bits per heavy atom. The fraction of sp³-hybridized carbons (Fsp3) is 0.867. The zero-order chi connectivity index (χ0) is 15.4. The van der Waals surface area contributed by atoms with Gasteiger partial charge in [-0.15, -0.1) is 0 Å². The van der Waals surface area contributed by atoms with Crippen LogP contribution in [-0.2, 0) is 9.59 Å². The van der Waals surface area contributed by atoms with Gasteiger partial charge in [-0.25, -0.2) is 0 Å². The predicted molar refractivity (Wildman–Crippen MR) is 78.9 cm³/mol. The first-order chi connectivity index (χ1) is 9.52. The second-order valence-corrected chi connectivity index (χ2v) is 5.24. The molecule has 0 aliphatic rings. The van der Waals surface area contributed by atoms with Gasteiger partial charge in [0, 0.05) is 6.42 Å². The van der Waals surface area contributed by atoms with E-state index in [1.807, 2.05) is 4.90 Å². The van der Waals surface area contributed by atoms with Crippen LogP contribution >= 0.6 is 0 Å². The van der Waals surface area contributed by atoms with Gasteiger partial charge in [-0.1, -0.05) is 39.5 Å². The SMILES string of the molecule is CCCCCN(CCCCC)C(CCC(=O)O)C(=O)O. The summed E-state index contributed by atoms with van der Waals surface area (Å²) >= 11 is 0. The highest BCUT2D eigenvalue weighted by Gasteiger charge is 2.25. The molecule has 0 rings (SSSR count). The van der Waals surface area contributed by atoms with Gasteiger partial charge >= 0.3 is 11.9 Å². The van der Waals surface area contributed by atoms with E-state index in [1.165, 1.54) is 0 Å². The number of unbranched alkanes of at least 4 members (excludes halogenated alkanes) is 4. The number of aliphatic carboxylic acids is 2. The van der Waals surface area contributed by atoms with E-state index >= 15 is 0 Å². The zero-order valence-electron chi connectivity index (χ0n) is 12.8. The molecule has 20 heavy (non-hydrogen) atoms. The van der Waals surface area contributed by atoms with Gasteiger partial charge in [0.2, 0.25) is 0 Å².